The number of fused-ring (bicyclic) bond motifs is 1. The summed E-state index contributed by atoms with van der Waals surface area (Å²) in [5.74, 6) is -0.213. The zero-order valence-electron chi connectivity index (χ0n) is 15.2. The number of Topliss-reactive ketones (excluding diaryl/α,β-unsaturated/α-hetero) is 1. The largest absolute Gasteiger partial charge is 0.295 e. The van der Waals surface area contributed by atoms with E-state index in [-0.39, 0.29) is 11.7 Å². The molecular formula is C22H17N3O2S. The number of pyridine rings is 1. The van der Waals surface area contributed by atoms with Crippen molar-refractivity contribution in [3.8, 4) is 0 Å². The fourth-order valence-electron chi connectivity index (χ4n) is 2.86. The molecule has 0 aliphatic heterocycles. The number of carbonyl (C=O) groups excluding carboxylic acids is 2. The van der Waals surface area contributed by atoms with E-state index < -0.39 is 0 Å². The van der Waals surface area contributed by atoms with Crippen molar-refractivity contribution in [2.75, 3.05) is 4.90 Å². The SMILES string of the molecule is CC(=O)c1ccc(C(=O)N(Cc2ccccn2)c2nc3ccccc3s2)cc1. The topological polar surface area (TPSA) is 63.2 Å². The summed E-state index contributed by atoms with van der Waals surface area (Å²) < 4.78 is 1.02. The molecule has 0 aliphatic carbocycles. The Hall–Kier alpha value is -3.38. The van der Waals surface area contributed by atoms with Gasteiger partial charge in [-0.1, -0.05) is 41.7 Å². The minimum absolute atomic E-state index is 0.0319. The Morgan fingerprint density at radius 1 is 0.929 bits per heavy atom. The minimum atomic E-state index is -0.181. The summed E-state index contributed by atoms with van der Waals surface area (Å²) in [6.45, 7) is 1.82. The normalized spacial score (nSPS) is 10.8. The third kappa shape index (κ3) is 3.68. The van der Waals surface area contributed by atoms with Crippen molar-refractivity contribution in [2.24, 2.45) is 0 Å². The summed E-state index contributed by atoms with van der Waals surface area (Å²) in [6.07, 6.45) is 1.71. The number of benzene rings is 2. The second-order valence-corrected chi connectivity index (χ2v) is 7.32. The first-order valence-electron chi connectivity index (χ1n) is 8.80. The molecule has 0 fully saturated rings. The lowest BCUT2D eigenvalue weighted by molar-refractivity contribution is 0.0980. The van der Waals surface area contributed by atoms with Gasteiger partial charge in [-0.15, -0.1) is 0 Å². The van der Waals surface area contributed by atoms with Crippen LogP contribution in [0.1, 0.15) is 33.3 Å². The number of ketones is 1. The van der Waals surface area contributed by atoms with Crippen molar-refractivity contribution in [1.82, 2.24) is 9.97 Å². The molecule has 2 heterocycles. The second-order valence-electron chi connectivity index (χ2n) is 6.31. The highest BCUT2D eigenvalue weighted by atomic mass is 32.1. The summed E-state index contributed by atoms with van der Waals surface area (Å²) >= 11 is 1.47. The van der Waals surface area contributed by atoms with E-state index in [1.54, 1.807) is 35.4 Å². The summed E-state index contributed by atoms with van der Waals surface area (Å²) in [6, 6.07) is 20.1. The van der Waals surface area contributed by atoms with Crippen molar-refractivity contribution in [3.05, 3.63) is 89.7 Å². The van der Waals surface area contributed by atoms with Crippen LogP contribution in [-0.2, 0) is 6.54 Å². The molecule has 0 bridgehead atoms. The fraction of sp³-hybridized carbons (Fsp3) is 0.0909. The van der Waals surface area contributed by atoms with Crippen molar-refractivity contribution in [1.29, 1.82) is 0 Å². The van der Waals surface area contributed by atoms with Crippen LogP contribution in [0, 0.1) is 0 Å². The predicted molar refractivity (Wildman–Crippen MR) is 111 cm³/mol. The van der Waals surface area contributed by atoms with Gasteiger partial charge in [0.05, 0.1) is 22.5 Å². The van der Waals surface area contributed by atoms with Crippen LogP contribution < -0.4 is 4.90 Å². The van der Waals surface area contributed by atoms with E-state index in [2.05, 4.69) is 9.97 Å². The fourth-order valence-corrected chi connectivity index (χ4v) is 3.82. The van der Waals surface area contributed by atoms with Gasteiger partial charge in [0, 0.05) is 17.3 Å². The zero-order valence-corrected chi connectivity index (χ0v) is 16.0. The van der Waals surface area contributed by atoms with Crippen LogP contribution in [-0.4, -0.2) is 21.7 Å². The van der Waals surface area contributed by atoms with Gasteiger partial charge in [-0.05, 0) is 43.3 Å². The van der Waals surface area contributed by atoms with Crippen LogP contribution in [0.25, 0.3) is 10.2 Å². The molecule has 138 valence electrons. The molecule has 2 aromatic heterocycles. The molecule has 0 radical (unpaired) electrons. The van der Waals surface area contributed by atoms with Crippen LogP contribution in [0.4, 0.5) is 5.13 Å². The lowest BCUT2D eigenvalue weighted by Gasteiger charge is -2.19. The molecule has 0 N–H and O–H groups in total. The Morgan fingerprint density at radius 3 is 2.32 bits per heavy atom. The van der Waals surface area contributed by atoms with Gasteiger partial charge in [0.25, 0.3) is 5.91 Å². The molecule has 0 unspecified atom stereocenters. The number of anilines is 1. The Labute approximate surface area is 166 Å². The molecule has 0 aliphatic rings. The second kappa shape index (κ2) is 7.70. The summed E-state index contributed by atoms with van der Waals surface area (Å²) in [4.78, 5) is 35.4. The van der Waals surface area contributed by atoms with E-state index in [4.69, 9.17) is 0 Å². The first-order chi connectivity index (χ1) is 13.6. The van der Waals surface area contributed by atoms with Crippen LogP contribution in [0.2, 0.25) is 0 Å². The van der Waals surface area contributed by atoms with Gasteiger partial charge in [-0.2, -0.15) is 0 Å². The predicted octanol–water partition coefficient (Wildman–Crippen LogP) is 4.74. The molecule has 28 heavy (non-hydrogen) atoms. The average molecular weight is 387 g/mol. The number of carbonyl (C=O) groups is 2. The smallest absolute Gasteiger partial charge is 0.260 e. The van der Waals surface area contributed by atoms with Gasteiger partial charge in [-0.3, -0.25) is 19.5 Å². The lowest BCUT2D eigenvalue weighted by atomic mass is 10.1. The molecule has 4 rings (SSSR count). The molecule has 4 aromatic rings. The molecule has 0 spiro atoms. The number of nitrogens with zero attached hydrogens (tertiary/aromatic N) is 3. The number of amides is 1. The summed E-state index contributed by atoms with van der Waals surface area (Å²) in [5, 5.41) is 0.618. The highest BCUT2D eigenvalue weighted by molar-refractivity contribution is 7.22. The molecule has 1 amide bonds. The van der Waals surface area contributed by atoms with E-state index in [1.807, 2.05) is 42.5 Å². The molecule has 0 saturated heterocycles. The Bertz CT molecular complexity index is 1100. The Kier molecular flexibility index (Phi) is 4.95. The monoisotopic (exact) mass is 387 g/mol. The minimum Gasteiger partial charge on any atom is -0.295 e. The number of aromatic nitrogens is 2. The van der Waals surface area contributed by atoms with Crippen LogP contribution in [0.3, 0.4) is 0 Å². The van der Waals surface area contributed by atoms with Gasteiger partial charge in [0.1, 0.15) is 0 Å². The van der Waals surface area contributed by atoms with Crippen molar-refractivity contribution in [3.63, 3.8) is 0 Å². The first kappa shape index (κ1) is 18.0. The van der Waals surface area contributed by atoms with Crippen molar-refractivity contribution >= 4 is 38.4 Å². The average Bonchev–Trinajstić information content (AvgIpc) is 3.16. The van der Waals surface area contributed by atoms with Crippen molar-refractivity contribution in [2.45, 2.75) is 13.5 Å². The quantitative estimate of drug-likeness (QED) is 0.464. The molecule has 2 aromatic carbocycles. The number of para-hydroxylation sites is 1. The maximum absolute atomic E-state index is 13.3. The standard InChI is InChI=1S/C22H17N3O2S/c1-15(26)16-9-11-17(12-10-16)21(27)25(14-18-6-4-5-13-23-18)22-24-19-7-2-3-8-20(19)28-22/h2-13H,14H2,1H3. The van der Waals surface area contributed by atoms with Crippen molar-refractivity contribution < 1.29 is 9.59 Å². The lowest BCUT2D eigenvalue weighted by Crippen LogP contribution is -2.30. The van der Waals surface area contributed by atoms with E-state index in [1.165, 1.54) is 18.3 Å². The third-order valence-electron chi connectivity index (χ3n) is 4.34. The van der Waals surface area contributed by atoms with E-state index in [0.717, 1.165) is 15.9 Å². The maximum Gasteiger partial charge on any atom is 0.260 e. The van der Waals surface area contributed by atoms with Gasteiger partial charge in [0.15, 0.2) is 10.9 Å². The highest BCUT2D eigenvalue weighted by Gasteiger charge is 2.22. The third-order valence-corrected chi connectivity index (χ3v) is 5.40. The van der Waals surface area contributed by atoms with Crippen LogP contribution in [0.5, 0.6) is 0 Å². The van der Waals surface area contributed by atoms with E-state index >= 15 is 0 Å². The van der Waals surface area contributed by atoms with Gasteiger partial charge in [0.2, 0.25) is 0 Å². The summed E-state index contributed by atoms with van der Waals surface area (Å²) in [7, 11) is 0. The van der Waals surface area contributed by atoms with E-state index in [0.29, 0.717) is 22.8 Å². The summed E-state index contributed by atoms with van der Waals surface area (Å²) in [5.41, 5.74) is 2.71. The van der Waals surface area contributed by atoms with Gasteiger partial charge >= 0.3 is 0 Å². The van der Waals surface area contributed by atoms with Gasteiger partial charge < -0.3 is 0 Å². The van der Waals surface area contributed by atoms with Gasteiger partial charge in [-0.25, -0.2) is 4.98 Å². The molecule has 0 atom stereocenters. The number of thiazole rings is 1. The molecular weight excluding hydrogens is 370 g/mol. The zero-order chi connectivity index (χ0) is 19.5. The number of hydrogen-bond acceptors (Lipinski definition) is 5. The Morgan fingerprint density at radius 2 is 1.64 bits per heavy atom. The molecule has 6 heteroatoms. The molecule has 5 nitrogen and oxygen atoms in total. The van der Waals surface area contributed by atoms with Crippen LogP contribution >= 0.6 is 11.3 Å². The Balaban J connectivity index is 1.73. The highest BCUT2D eigenvalue weighted by Crippen LogP contribution is 2.30. The maximum atomic E-state index is 13.3. The number of hydrogen-bond donors (Lipinski definition) is 0. The van der Waals surface area contributed by atoms with E-state index in [9.17, 15) is 9.59 Å². The first-order valence-corrected chi connectivity index (χ1v) is 9.62. The van der Waals surface area contributed by atoms with Crippen LogP contribution in [0.15, 0.2) is 72.9 Å². The number of rotatable bonds is 5. The molecule has 0 saturated carbocycles.